The topological polar surface area (TPSA) is 73.9 Å². The van der Waals surface area contributed by atoms with Gasteiger partial charge in [-0.3, -0.25) is 0 Å². The van der Waals surface area contributed by atoms with Gasteiger partial charge in [0.05, 0.1) is 13.7 Å². The summed E-state index contributed by atoms with van der Waals surface area (Å²) in [6.45, 7) is 7.32. The quantitative estimate of drug-likeness (QED) is 0.726. The van der Waals surface area contributed by atoms with E-state index in [2.05, 4.69) is 5.32 Å². The number of amides is 1. The van der Waals surface area contributed by atoms with E-state index < -0.39 is 23.7 Å². The molecule has 6 heteroatoms. The van der Waals surface area contributed by atoms with Crippen molar-refractivity contribution >= 4 is 12.1 Å². The van der Waals surface area contributed by atoms with Crippen molar-refractivity contribution < 1.29 is 23.8 Å². The monoisotopic (exact) mass is 351 g/mol. The maximum atomic E-state index is 12.1. The molecule has 0 saturated heterocycles. The van der Waals surface area contributed by atoms with E-state index in [1.54, 1.807) is 34.8 Å². The number of hydrogen-bond donors (Lipinski definition) is 1. The molecule has 0 aromatic heterocycles. The molecule has 0 saturated carbocycles. The predicted octanol–water partition coefficient (Wildman–Crippen LogP) is 3.47. The van der Waals surface area contributed by atoms with Crippen molar-refractivity contribution in [2.45, 2.75) is 58.6 Å². The van der Waals surface area contributed by atoms with E-state index in [1.807, 2.05) is 24.3 Å². The number of aryl methyl sites for hydroxylation is 1. The van der Waals surface area contributed by atoms with Gasteiger partial charge in [0.25, 0.3) is 0 Å². The van der Waals surface area contributed by atoms with Gasteiger partial charge in [-0.05, 0) is 64.7 Å². The number of nitrogens with one attached hydrogen (secondary N) is 1. The molecule has 0 heterocycles. The number of benzene rings is 1. The molecule has 1 amide bonds. The number of esters is 1. The van der Waals surface area contributed by atoms with Crippen LogP contribution in [0, 0.1) is 0 Å². The molecule has 6 nitrogen and oxygen atoms in total. The minimum absolute atomic E-state index is 0.268. The second-order valence-electron chi connectivity index (χ2n) is 6.69. The highest BCUT2D eigenvalue weighted by atomic mass is 16.6. The van der Waals surface area contributed by atoms with Gasteiger partial charge < -0.3 is 19.5 Å². The zero-order chi connectivity index (χ0) is 18.9. The largest absolute Gasteiger partial charge is 0.497 e. The Hall–Kier alpha value is -2.24. The Morgan fingerprint density at radius 3 is 2.32 bits per heavy atom. The first-order chi connectivity index (χ1) is 11.7. The molecule has 0 aliphatic carbocycles. The van der Waals surface area contributed by atoms with E-state index in [0.717, 1.165) is 24.2 Å². The highest BCUT2D eigenvalue weighted by molar-refractivity contribution is 5.81. The molecule has 1 aromatic rings. The molecule has 0 aliphatic rings. The fraction of sp³-hybridized carbons (Fsp3) is 0.579. The van der Waals surface area contributed by atoms with Gasteiger partial charge in [-0.1, -0.05) is 12.1 Å². The molecule has 1 N–H and O–H groups in total. The molecule has 0 radical (unpaired) electrons. The first kappa shape index (κ1) is 20.8. The predicted molar refractivity (Wildman–Crippen MR) is 95.7 cm³/mol. The third-order valence-corrected chi connectivity index (χ3v) is 3.38. The van der Waals surface area contributed by atoms with Gasteiger partial charge in [0.1, 0.15) is 17.4 Å². The van der Waals surface area contributed by atoms with Crippen LogP contribution >= 0.6 is 0 Å². The standard InChI is InChI=1S/C19H29NO5/c1-6-24-17(21)16(20-18(22)25-19(2,3)4)9-7-8-14-10-12-15(23-5)13-11-14/h10-13,16H,6-9H2,1-5H3,(H,20,22)/t16-/m0/s1. The maximum absolute atomic E-state index is 12.1. The summed E-state index contributed by atoms with van der Waals surface area (Å²) in [5.41, 5.74) is 0.521. The minimum Gasteiger partial charge on any atom is -0.497 e. The molecule has 1 rings (SSSR count). The third-order valence-electron chi connectivity index (χ3n) is 3.38. The maximum Gasteiger partial charge on any atom is 0.408 e. The molecule has 0 aliphatic heterocycles. The number of hydrogen-bond acceptors (Lipinski definition) is 5. The van der Waals surface area contributed by atoms with Gasteiger partial charge >= 0.3 is 12.1 Å². The van der Waals surface area contributed by atoms with Crippen molar-refractivity contribution in [1.82, 2.24) is 5.32 Å². The Morgan fingerprint density at radius 2 is 1.80 bits per heavy atom. The number of carbonyl (C=O) groups excluding carboxylic acids is 2. The fourth-order valence-electron chi connectivity index (χ4n) is 2.24. The summed E-state index contributed by atoms with van der Waals surface area (Å²) in [6, 6.07) is 7.06. The SMILES string of the molecule is CCOC(=O)[C@H](CCCc1ccc(OC)cc1)NC(=O)OC(C)(C)C. The van der Waals surface area contributed by atoms with E-state index in [9.17, 15) is 9.59 Å². The van der Waals surface area contributed by atoms with Gasteiger partial charge in [0.15, 0.2) is 0 Å². The molecule has 0 fully saturated rings. The fourth-order valence-corrected chi connectivity index (χ4v) is 2.24. The molecule has 1 atom stereocenters. The Morgan fingerprint density at radius 1 is 1.16 bits per heavy atom. The van der Waals surface area contributed by atoms with Crippen molar-refractivity contribution in [1.29, 1.82) is 0 Å². The van der Waals surface area contributed by atoms with E-state index >= 15 is 0 Å². The molecule has 0 unspecified atom stereocenters. The van der Waals surface area contributed by atoms with E-state index in [1.165, 1.54) is 0 Å². The second-order valence-corrected chi connectivity index (χ2v) is 6.69. The second kappa shape index (κ2) is 9.91. The van der Waals surface area contributed by atoms with Gasteiger partial charge in [-0.25, -0.2) is 9.59 Å². The van der Waals surface area contributed by atoms with Crippen molar-refractivity contribution in [3.8, 4) is 5.75 Å². The highest BCUT2D eigenvalue weighted by Crippen LogP contribution is 2.14. The van der Waals surface area contributed by atoms with Crippen LogP contribution in [0.4, 0.5) is 4.79 Å². The minimum atomic E-state index is -0.715. The Balaban J connectivity index is 2.57. The van der Waals surface area contributed by atoms with Crippen LogP contribution < -0.4 is 10.1 Å². The molecular formula is C19H29NO5. The number of carbonyl (C=O) groups is 2. The van der Waals surface area contributed by atoms with Crippen molar-refractivity contribution in [3.63, 3.8) is 0 Å². The molecule has 0 bridgehead atoms. The number of methoxy groups -OCH3 is 1. The lowest BCUT2D eigenvalue weighted by atomic mass is 10.0. The van der Waals surface area contributed by atoms with E-state index in [0.29, 0.717) is 6.42 Å². The summed E-state index contributed by atoms with van der Waals surface area (Å²) in [6.07, 6.45) is 1.38. The summed E-state index contributed by atoms with van der Waals surface area (Å²) >= 11 is 0. The van der Waals surface area contributed by atoms with Crippen molar-refractivity contribution in [3.05, 3.63) is 29.8 Å². The summed E-state index contributed by atoms with van der Waals surface area (Å²) in [4.78, 5) is 24.0. The average molecular weight is 351 g/mol. The first-order valence-corrected chi connectivity index (χ1v) is 8.54. The van der Waals surface area contributed by atoms with E-state index in [-0.39, 0.29) is 6.61 Å². The Bertz CT molecular complexity index is 548. The van der Waals surface area contributed by atoms with Crippen LogP contribution in [-0.4, -0.2) is 37.4 Å². The van der Waals surface area contributed by atoms with Crippen LogP contribution in [0.15, 0.2) is 24.3 Å². The van der Waals surface area contributed by atoms with Gasteiger partial charge in [0, 0.05) is 0 Å². The van der Waals surface area contributed by atoms with Gasteiger partial charge in [-0.15, -0.1) is 0 Å². The van der Waals surface area contributed by atoms with Crippen LogP contribution in [0.25, 0.3) is 0 Å². The zero-order valence-electron chi connectivity index (χ0n) is 15.8. The lowest BCUT2D eigenvalue weighted by Crippen LogP contribution is -2.44. The smallest absolute Gasteiger partial charge is 0.408 e. The molecule has 0 spiro atoms. The Labute approximate surface area is 149 Å². The zero-order valence-corrected chi connectivity index (χ0v) is 15.8. The van der Waals surface area contributed by atoms with Crippen LogP contribution in [0.2, 0.25) is 0 Å². The van der Waals surface area contributed by atoms with Gasteiger partial charge in [-0.2, -0.15) is 0 Å². The number of rotatable bonds is 8. The normalized spacial score (nSPS) is 12.2. The van der Waals surface area contributed by atoms with Crippen molar-refractivity contribution in [2.75, 3.05) is 13.7 Å². The lowest BCUT2D eigenvalue weighted by Gasteiger charge is -2.22. The highest BCUT2D eigenvalue weighted by Gasteiger charge is 2.25. The summed E-state index contributed by atoms with van der Waals surface area (Å²) in [5.74, 6) is 0.364. The number of ether oxygens (including phenoxy) is 3. The lowest BCUT2D eigenvalue weighted by molar-refractivity contribution is -0.145. The summed E-state index contributed by atoms with van der Waals surface area (Å²) in [7, 11) is 1.63. The number of alkyl carbamates (subject to hydrolysis) is 1. The third kappa shape index (κ3) is 8.42. The van der Waals surface area contributed by atoms with E-state index in [4.69, 9.17) is 14.2 Å². The van der Waals surface area contributed by atoms with Crippen LogP contribution in [0.3, 0.4) is 0 Å². The summed E-state index contributed by atoms with van der Waals surface area (Å²) in [5, 5.41) is 2.61. The first-order valence-electron chi connectivity index (χ1n) is 8.54. The average Bonchev–Trinajstić information content (AvgIpc) is 2.53. The molecule has 25 heavy (non-hydrogen) atoms. The van der Waals surface area contributed by atoms with Crippen LogP contribution in [0.1, 0.15) is 46.1 Å². The molecule has 1 aromatic carbocycles. The Kier molecular flexibility index (Phi) is 8.25. The van der Waals surface area contributed by atoms with Crippen LogP contribution in [-0.2, 0) is 20.7 Å². The molecular weight excluding hydrogens is 322 g/mol. The summed E-state index contributed by atoms with van der Waals surface area (Å²) < 4.78 is 15.4. The van der Waals surface area contributed by atoms with Gasteiger partial charge in [0.2, 0.25) is 0 Å². The van der Waals surface area contributed by atoms with Crippen molar-refractivity contribution in [2.24, 2.45) is 0 Å². The van der Waals surface area contributed by atoms with Crippen LogP contribution in [0.5, 0.6) is 5.75 Å². The molecule has 140 valence electrons.